The second-order valence-corrected chi connectivity index (χ2v) is 16.5. The predicted molar refractivity (Wildman–Crippen MR) is 243 cm³/mol. The van der Waals surface area contributed by atoms with Crippen LogP contribution in [-0.4, -0.2) is 39.0 Å². The number of rotatable bonds is 34. The molecule has 0 aliphatic heterocycles. The summed E-state index contributed by atoms with van der Waals surface area (Å²) in [5.74, 6) is 3.57. The molecule has 0 saturated carbocycles. The minimum atomic E-state index is -0.112. The Bertz CT molecular complexity index is 1540. The molecule has 0 aliphatic rings. The standard InChI is InChI=1S/C53H72O6/c1-53(2,47-27-35-51(36-28-47)58-41-21-17-13-9-5-3-7-11-15-19-39-56-49-31-23-45(43-54)24-32-49)48-29-37-52(38-30-48)59-42-22-18-14-10-6-4-8-12-16-20-40-57-50-33-25-46(44-55)26-34-50/h23-38,43-44H,3-22,39-42H2,1-2H3. The van der Waals surface area contributed by atoms with Crippen molar-refractivity contribution >= 4 is 12.6 Å². The van der Waals surface area contributed by atoms with Crippen LogP contribution in [0.4, 0.5) is 0 Å². The molecule has 0 saturated heterocycles. The van der Waals surface area contributed by atoms with E-state index < -0.39 is 0 Å². The van der Waals surface area contributed by atoms with E-state index in [0.717, 1.165) is 87.7 Å². The van der Waals surface area contributed by atoms with Gasteiger partial charge in [0.15, 0.2) is 0 Å². The lowest BCUT2D eigenvalue weighted by Crippen LogP contribution is -2.18. The van der Waals surface area contributed by atoms with Gasteiger partial charge in [-0.3, -0.25) is 9.59 Å². The van der Waals surface area contributed by atoms with Gasteiger partial charge in [-0.2, -0.15) is 0 Å². The van der Waals surface area contributed by atoms with E-state index in [9.17, 15) is 9.59 Å². The average molecular weight is 805 g/mol. The molecule has 0 aliphatic carbocycles. The zero-order valence-electron chi connectivity index (χ0n) is 36.3. The van der Waals surface area contributed by atoms with Crippen molar-refractivity contribution in [3.63, 3.8) is 0 Å². The molecule has 0 N–H and O–H groups in total. The molecule has 4 rings (SSSR count). The van der Waals surface area contributed by atoms with Gasteiger partial charge in [-0.25, -0.2) is 0 Å². The molecule has 0 unspecified atom stereocenters. The van der Waals surface area contributed by atoms with Crippen LogP contribution in [0.2, 0.25) is 0 Å². The first kappa shape index (κ1) is 47.1. The molecule has 0 heterocycles. The fourth-order valence-electron chi connectivity index (χ4n) is 7.38. The summed E-state index contributed by atoms with van der Waals surface area (Å²) in [6, 6.07) is 31.9. The molecule has 0 aromatic heterocycles. The largest absolute Gasteiger partial charge is 0.494 e. The van der Waals surface area contributed by atoms with Crippen molar-refractivity contribution in [1.82, 2.24) is 0 Å². The summed E-state index contributed by atoms with van der Waals surface area (Å²) in [4.78, 5) is 21.5. The molecule has 0 fully saturated rings. The van der Waals surface area contributed by atoms with E-state index in [1.54, 1.807) is 24.3 Å². The van der Waals surface area contributed by atoms with Crippen LogP contribution in [0.15, 0.2) is 97.1 Å². The lowest BCUT2D eigenvalue weighted by Gasteiger charge is -2.26. The summed E-state index contributed by atoms with van der Waals surface area (Å²) in [5.41, 5.74) is 3.80. The van der Waals surface area contributed by atoms with Gasteiger partial charge in [-0.05, 0) is 110 Å². The number of carbonyl (C=O) groups is 2. The van der Waals surface area contributed by atoms with E-state index in [1.165, 1.54) is 114 Å². The van der Waals surface area contributed by atoms with Gasteiger partial charge in [-0.15, -0.1) is 0 Å². The third kappa shape index (κ3) is 19.4. The van der Waals surface area contributed by atoms with Gasteiger partial charge in [0, 0.05) is 16.5 Å². The van der Waals surface area contributed by atoms with Crippen LogP contribution in [0.3, 0.4) is 0 Å². The molecule has 0 spiro atoms. The van der Waals surface area contributed by atoms with Crippen LogP contribution in [0.1, 0.15) is 174 Å². The maximum atomic E-state index is 10.7. The number of benzene rings is 4. The van der Waals surface area contributed by atoms with Gasteiger partial charge < -0.3 is 18.9 Å². The number of unbranched alkanes of at least 4 members (excludes halogenated alkanes) is 18. The second kappa shape index (κ2) is 28.8. The SMILES string of the molecule is CC(C)(c1ccc(OCCCCCCCCCCCCOc2ccc(C=O)cc2)cc1)c1ccc(OCCCCCCCCCCCCOc2ccc(C=O)cc2)cc1. The van der Waals surface area contributed by atoms with Crippen molar-refractivity contribution in [3.05, 3.63) is 119 Å². The van der Waals surface area contributed by atoms with Crippen molar-refractivity contribution in [1.29, 1.82) is 0 Å². The van der Waals surface area contributed by atoms with E-state index in [4.69, 9.17) is 18.9 Å². The quantitative estimate of drug-likeness (QED) is 0.0346. The first-order valence-corrected chi connectivity index (χ1v) is 22.8. The fourth-order valence-corrected chi connectivity index (χ4v) is 7.38. The molecule has 6 nitrogen and oxygen atoms in total. The average Bonchev–Trinajstić information content (AvgIpc) is 3.27. The van der Waals surface area contributed by atoms with Gasteiger partial charge in [0.05, 0.1) is 26.4 Å². The van der Waals surface area contributed by atoms with Crippen LogP contribution in [-0.2, 0) is 5.41 Å². The van der Waals surface area contributed by atoms with Crippen molar-refractivity contribution in [3.8, 4) is 23.0 Å². The highest BCUT2D eigenvalue weighted by molar-refractivity contribution is 5.75. The number of hydrogen-bond donors (Lipinski definition) is 0. The maximum Gasteiger partial charge on any atom is 0.150 e. The Kier molecular flexibility index (Phi) is 23.0. The summed E-state index contributed by atoms with van der Waals surface area (Å²) in [6.07, 6.45) is 26.5. The third-order valence-corrected chi connectivity index (χ3v) is 11.3. The first-order valence-electron chi connectivity index (χ1n) is 22.8. The summed E-state index contributed by atoms with van der Waals surface area (Å²) in [5, 5.41) is 0. The van der Waals surface area contributed by atoms with Gasteiger partial charge >= 0.3 is 0 Å². The van der Waals surface area contributed by atoms with Crippen LogP contribution in [0, 0.1) is 0 Å². The monoisotopic (exact) mass is 805 g/mol. The topological polar surface area (TPSA) is 71.1 Å². The normalized spacial score (nSPS) is 11.3. The Hall–Kier alpha value is -4.58. The molecule has 6 heteroatoms. The molecule has 0 amide bonds. The molecular formula is C53H72O6. The van der Waals surface area contributed by atoms with E-state index in [-0.39, 0.29) is 5.41 Å². The Morgan fingerprint density at radius 1 is 0.322 bits per heavy atom. The molecule has 59 heavy (non-hydrogen) atoms. The molecular weight excluding hydrogens is 733 g/mol. The Balaban J connectivity index is 0.934. The Labute approximate surface area is 356 Å². The van der Waals surface area contributed by atoms with Crippen molar-refractivity contribution in [2.45, 2.75) is 148 Å². The number of aldehydes is 2. The van der Waals surface area contributed by atoms with E-state index in [0.29, 0.717) is 11.1 Å². The fraction of sp³-hybridized carbons (Fsp3) is 0.509. The van der Waals surface area contributed by atoms with Gasteiger partial charge in [-0.1, -0.05) is 141 Å². The zero-order valence-corrected chi connectivity index (χ0v) is 36.3. The van der Waals surface area contributed by atoms with E-state index in [2.05, 4.69) is 62.4 Å². The smallest absolute Gasteiger partial charge is 0.150 e. The van der Waals surface area contributed by atoms with Crippen molar-refractivity contribution in [2.24, 2.45) is 0 Å². The Morgan fingerprint density at radius 3 is 0.746 bits per heavy atom. The minimum Gasteiger partial charge on any atom is -0.494 e. The van der Waals surface area contributed by atoms with Gasteiger partial charge in [0.2, 0.25) is 0 Å². The molecule has 320 valence electrons. The molecule has 0 bridgehead atoms. The third-order valence-electron chi connectivity index (χ3n) is 11.3. The van der Waals surface area contributed by atoms with Crippen LogP contribution in [0.5, 0.6) is 23.0 Å². The predicted octanol–water partition coefficient (Wildman–Crippen LogP) is 14.4. The number of hydrogen-bond acceptors (Lipinski definition) is 6. The maximum absolute atomic E-state index is 10.7. The van der Waals surface area contributed by atoms with Crippen LogP contribution >= 0.6 is 0 Å². The number of carbonyl (C=O) groups excluding carboxylic acids is 2. The van der Waals surface area contributed by atoms with Crippen LogP contribution < -0.4 is 18.9 Å². The molecule has 0 atom stereocenters. The second-order valence-electron chi connectivity index (χ2n) is 16.5. The summed E-state index contributed by atoms with van der Waals surface area (Å²) < 4.78 is 23.7. The molecule has 4 aromatic carbocycles. The summed E-state index contributed by atoms with van der Waals surface area (Å²) in [7, 11) is 0. The van der Waals surface area contributed by atoms with Crippen molar-refractivity contribution in [2.75, 3.05) is 26.4 Å². The first-order chi connectivity index (χ1) is 29.0. The molecule has 0 radical (unpaired) electrons. The minimum absolute atomic E-state index is 0.112. The molecule has 4 aromatic rings. The summed E-state index contributed by atoms with van der Waals surface area (Å²) in [6.45, 7) is 7.58. The highest BCUT2D eigenvalue weighted by Crippen LogP contribution is 2.33. The van der Waals surface area contributed by atoms with Crippen molar-refractivity contribution < 1.29 is 28.5 Å². The van der Waals surface area contributed by atoms with Crippen LogP contribution in [0.25, 0.3) is 0 Å². The zero-order chi connectivity index (χ0) is 41.6. The number of ether oxygens (including phenoxy) is 4. The van der Waals surface area contributed by atoms with Gasteiger partial charge in [0.1, 0.15) is 35.6 Å². The lowest BCUT2D eigenvalue weighted by molar-refractivity contribution is 0.111. The Morgan fingerprint density at radius 2 is 0.525 bits per heavy atom. The lowest BCUT2D eigenvalue weighted by atomic mass is 9.78. The van der Waals surface area contributed by atoms with E-state index >= 15 is 0 Å². The summed E-state index contributed by atoms with van der Waals surface area (Å²) >= 11 is 0. The highest BCUT2D eigenvalue weighted by Gasteiger charge is 2.23. The van der Waals surface area contributed by atoms with Gasteiger partial charge in [0.25, 0.3) is 0 Å². The highest BCUT2D eigenvalue weighted by atomic mass is 16.5. The van der Waals surface area contributed by atoms with E-state index in [1.807, 2.05) is 24.3 Å².